The molecule has 4 rings (SSSR count). The molecule has 3 atom stereocenters. The number of thioether (sulfide) groups is 1. The van der Waals surface area contributed by atoms with Crippen LogP contribution in [0.3, 0.4) is 0 Å². The van der Waals surface area contributed by atoms with Crippen LogP contribution in [0.1, 0.15) is 32.4 Å². The predicted octanol–water partition coefficient (Wildman–Crippen LogP) is 1.24. The molecule has 0 spiro atoms. The number of β-lactam (4-membered cyclic amide) rings is 1. The van der Waals surface area contributed by atoms with E-state index in [4.69, 9.17) is 0 Å². The van der Waals surface area contributed by atoms with Gasteiger partial charge in [-0.3, -0.25) is 19.8 Å². The fraction of sp³-hybridized carbons (Fsp3) is 0.421. The molecule has 0 bridgehead atoms. The number of amides is 2. The average Bonchev–Trinajstić information content (AvgIpc) is 2.86. The summed E-state index contributed by atoms with van der Waals surface area (Å²) in [6.07, 6.45) is 0. The van der Waals surface area contributed by atoms with E-state index in [0.717, 1.165) is 0 Å². The number of hydrogen-bond acceptors (Lipinski definition) is 6. The zero-order valence-electron chi connectivity index (χ0n) is 15.7. The lowest BCUT2D eigenvalue weighted by Gasteiger charge is -2.54. The quantitative estimate of drug-likeness (QED) is 0.652. The largest absolute Gasteiger partial charge is 0.508 e. The van der Waals surface area contributed by atoms with Gasteiger partial charge in [-0.25, -0.2) is 4.79 Å². The SMILES string of the molecule is CC1=C(C(=O)O)N2C(=O)C(N3C(=O)C(c4ccc(O)cc4)NC3(C)C)[C@@H]2SC1. The molecule has 9 heteroatoms. The molecule has 8 nitrogen and oxygen atoms in total. The Balaban J connectivity index is 1.65. The van der Waals surface area contributed by atoms with Crippen LogP contribution < -0.4 is 5.32 Å². The Kier molecular flexibility index (Phi) is 4.20. The summed E-state index contributed by atoms with van der Waals surface area (Å²) in [7, 11) is 0. The molecule has 1 aromatic rings. The van der Waals surface area contributed by atoms with Gasteiger partial charge in [-0.15, -0.1) is 11.8 Å². The molecule has 148 valence electrons. The maximum atomic E-state index is 13.2. The lowest BCUT2D eigenvalue weighted by Crippen LogP contribution is -2.73. The molecule has 2 unspecified atom stereocenters. The molecule has 3 N–H and O–H groups in total. The summed E-state index contributed by atoms with van der Waals surface area (Å²) in [5, 5.41) is 21.8. The minimum atomic E-state index is -1.12. The fourth-order valence-corrected chi connectivity index (χ4v) is 5.47. The van der Waals surface area contributed by atoms with Gasteiger partial charge in [0.1, 0.15) is 28.9 Å². The van der Waals surface area contributed by atoms with Gasteiger partial charge in [0.05, 0.1) is 5.66 Å². The van der Waals surface area contributed by atoms with Gasteiger partial charge >= 0.3 is 5.97 Å². The van der Waals surface area contributed by atoms with Crippen LogP contribution in [0.5, 0.6) is 5.75 Å². The van der Waals surface area contributed by atoms with Crippen molar-refractivity contribution < 1.29 is 24.6 Å². The summed E-state index contributed by atoms with van der Waals surface area (Å²) < 4.78 is 0. The van der Waals surface area contributed by atoms with E-state index in [1.807, 2.05) is 13.8 Å². The van der Waals surface area contributed by atoms with Crippen LogP contribution in [-0.2, 0) is 14.4 Å². The van der Waals surface area contributed by atoms with Crippen LogP contribution in [-0.4, -0.2) is 60.6 Å². The molecule has 2 amide bonds. The lowest BCUT2D eigenvalue weighted by atomic mass is 9.98. The number of fused-ring (bicyclic) bond motifs is 1. The average molecular weight is 403 g/mol. The third kappa shape index (κ3) is 2.61. The van der Waals surface area contributed by atoms with E-state index in [0.29, 0.717) is 16.9 Å². The predicted molar refractivity (Wildman–Crippen MR) is 102 cm³/mol. The monoisotopic (exact) mass is 403 g/mol. The van der Waals surface area contributed by atoms with Gasteiger partial charge in [-0.1, -0.05) is 12.1 Å². The van der Waals surface area contributed by atoms with E-state index < -0.39 is 29.1 Å². The molecule has 0 radical (unpaired) electrons. The van der Waals surface area contributed by atoms with Crippen molar-refractivity contribution in [3.63, 3.8) is 0 Å². The standard InChI is InChI=1S/C19H21N3O5S/c1-9-8-28-17-14(16(25)21(17)13(9)18(26)27)22-15(24)12(20-19(22,2)3)10-4-6-11(23)7-5-10/h4-7,12,14,17,20,23H,8H2,1-3H3,(H,26,27)/t12?,14?,17-/m0/s1. The second-order valence-corrected chi connectivity index (χ2v) is 8.83. The number of rotatable bonds is 3. The second kappa shape index (κ2) is 6.25. The smallest absolute Gasteiger partial charge is 0.352 e. The number of carboxylic acid groups (broad SMARTS) is 1. The van der Waals surface area contributed by atoms with E-state index >= 15 is 0 Å². The van der Waals surface area contributed by atoms with Gasteiger partial charge in [-0.05, 0) is 44.0 Å². The van der Waals surface area contributed by atoms with Gasteiger partial charge in [0.15, 0.2) is 0 Å². The zero-order valence-corrected chi connectivity index (χ0v) is 16.5. The van der Waals surface area contributed by atoms with Crippen molar-refractivity contribution in [2.75, 3.05) is 5.75 Å². The first-order chi connectivity index (χ1) is 13.1. The molecule has 2 fully saturated rings. The number of phenols is 1. The van der Waals surface area contributed by atoms with E-state index in [1.165, 1.54) is 28.8 Å². The first-order valence-electron chi connectivity index (χ1n) is 8.91. The number of hydrogen-bond donors (Lipinski definition) is 3. The summed E-state index contributed by atoms with van der Waals surface area (Å²) in [5.74, 6) is -1.12. The van der Waals surface area contributed by atoms with E-state index in [9.17, 15) is 24.6 Å². The Bertz CT molecular complexity index is 911. The fourth-order valence-electron chi connectivity index (χ4n) is 4.14. The summed E-state index contributed by atoms with van der Waals surface area (Å²) >= 11 is 1.47. The third-order valence-electron chi connectivity index (χ3n) is 5.42. The number of nitrogens with one attached hydrogen (secondary N) is 1. The Labute approximate surface area is 166 Å². The van der Waals surface area contributed by atoms with Crippen LogP contribution in [0.4, 0.5) is 0 Å². The van der Waals surface area contributed by atoms with Crippen LogP contribution in [0.25, 0.3) is 0 Å². The Morgan fingerprint density at radius 2 is 1.86 bits per heavy atom. The summed E-state index contributed by atoms with van der Waals surface area (Å²) in [6.45, 7) is 5.36. The lowest BCUT2D eigenvalue weighted by molar-refractivity contribution is -0.162. The van der Waals surface area contributed by atoms with Crippen LogP contribution in [0, 0.1) is 0 Å². The Morgan fingerprint density at radius 1 is 1.21 bits per heavy atom. The normalized spacial score (nSPS) is 29.0. The molecule has 3 heterocycles. The summed E-state index contributed by atoms with van der Waals surface area (Å²) in [6, 6.07) is 5.01. The van der Waals surface area contributed by atoms with Gasteiger partial charge < -0.3 is 15.1 Å². The van der Waals surface area contributed by atoms with Crippen LogP contribution in [0.15, 0.2) is 35.5 Å². The molecule has 0 aliphatic carbocycles. The number of carboxylic acids is 1. The minimum absolute atomic E-state index is 0.0255. The van der Waals surface area contributed by atoms with Gasteiger partial charge in [0.25, 0.3) is 5.91 Å². The maximum absolute atomic E-state index is 13.2. The maximum Gasteiger partial charge on any atom is 0.352 e. The molecule has 28 heavy (non-hydrogen) atoms. The number of aromatic hydroxyl groups is 1. The van der Waals surface area contributed by atoms with Crippen LogP contribution >= 0.6 is 11.8 Å². The van der Waals surface area contributed by atoms with Crippen molar-refractivity contribution in [2.24, 2.45) is 0 Å². The molecule has 2 saturated heterocycles. The van der Waals surface area contributed by atoms with Gasteiger partial charge in [-0.2, -0.15) is 0 Å². The number of carbonyl (C=O) groups excluding carboxylic acids is 2. The van der Waals surface area contributed by atoms with Crippen molar-refractivity contribution in [3.05, 3.63) is 41.1 Å². The van der Waals surface area contributed by atoms with E-state index in [1.54, 1.807) is 24.0 Å². The highest BCUT2D eigenvalue weighted by molar-refractivity contribution is 8.00. The molecule has 3 aliphatic heterocycles. The highest BCUT2D eigenvalue weighted by Gasteiger charge is 2.61. The topological polar surface area (TPSA) is 110 Å². The first kappa shape index (κ1) is 18.8. The number of nitrogens with zero attached hydrogens (tertiary/aromatic N) is 2. The molecule has 0 saturated carbocycles. The minimum Gasteiger partial charge on any atom is -0.508 e. The van der Waals surface area contributed by atoms with Crippen molar-refractivity contribution in [1.29, 1.82) is 0 Å². The summed E-state index contributed by atoms with van der Waals surface area (Å²) in [5.41, 5.74) is 0.581. The van der Waals surface area contributed by atoms with Gasteiger partial charge in [0, 0.05) is 5.75 Å². The highest BCUT2D eigenvalue weighted by Crippen LogP contribution is 2.46. The van der Waals surface area contributed by atoms with Gasteiger partial charge in [0.2, 0.25) is 5.91 Å². The van der Waals surface area contributed by atoms with E-state index in [-0.39, 0.29) is 23.3 Å². The number of phenolic OH excluding ortho intramolecular Hbond substituents is 1. The summed E-state index contributed by atoms with van der Waals surface area (Å²) in [4.78, 5) is 40.6. The molecule has 0 aromatic heterocycles. The zero-order chi connectivity index (χ0) is 20.4. The molecule has 1 aromatic carbocycles. The van der Waals surface area contributed by atoms with Crippen molar-refractivity contribution in [1.82, 2.24) is 15.1 Å². The first-order valence-corrected chi connectivity index (χ1v) is 9.96. The molecular weight excluding hydrogens is 382 g/mol. The Hall–Kier alpha value is -2.52. The second-order valence-electron chi connectivity index (χ2n) is 7.72. The third-order valence-corrected chi connectivity index (χ3v) is 6.83. The highest BCUT2D eigenvalue weighted by atomic mass is 32.2. The molecule has 3 aliphatic rings. The molecular formula is C19H21N3O5S. The van der Waals surface area contributed by atoms with Crippen molar-refractivity contribution >= 4 is 29.5 Å². The van der Waals surface area contributed by atoms with E-state index in [2.05, 4.69) is 5.32 Å². The Morgan fingerprint density at radius 3 is 2.46 bits per heavy atom. The number of aliphatic carboxylic acids is 1. The number of benzene rings is 1. The number of carbonyl (C=O) groups is 3. The van der Waals surface area contributed by atoms with Crippen molar-refractivity contribution in [2.45, 2.75) is 43.9 Å². The van der Waals surface area contributed by atoms with Crippen molar-refractivity contribution in [3.8, 4) is 5.75 Å². The van der Waals surface area contributed by atoms with Crippen LogP contribution in [0.2, 0.25) is 0 Å².